The lowest BCUT2D eigenvalue weighted by Crippen LogP contribution is -2.52. The van der Waals surface area contributed by atoms with Crippen molar-refractivity contribution >= 4 is 23.8 Å². The molecule has 0 aromatic heterocycles. The number of alkyl carbamates (subject to hydrolysis) is 1. The molecule has 0 aliphatic carbocycles. The number of ether oxygens (including phenoxy) is 2. The summed E-state index contributed by atoms with van der Waals surface area (Å²) in [6.07, 6.45) is 2.02. The highest BCUT2D eigenvalue weighted by Gasteiger charge is 2.35. The normalized spacial score (nSPS) is 14.7. The van der Waals surface area contributed by atoms with Crippen LogP contribution in [0.5, 0.6) is 0 Å². The Balaban J connectivity index is 3.26. The summed E-state index contributed by atoms with van der Waals surface area (Å²) in [5.41, 5.74) is -0.391. The first-order valence-corrected chi connectivity index (χ1v) is 13.3. The Hall–Kier alpha value is -2.90. The van der Waals surface area contributed by atoms with E-state index < -0.39 is 29.6 Å². The number of hydrogen-bond donors (Lipinski definition) is 2. The topological polar surface area (TPSA) is 111 Å². The van der Waals surface area contributed by atoms with Gasteiger partial charge in [-0.15, -0.1) is 0 Å². The molecule has 1 aromatic rings. The van der Waals surface area contributed by atoms with E-state index in [0.29, 0.717) is 17.9 Å². The first-order valence-electron chi connectivity index (χ1n) is 13.3. The smallest absolute Gasteiger partial charge is 0.407 e. The highest BCUT2D eigenvalue weighted by atomic mass is 16.6. The zero-order chi connectivity index (χ0) is 28.2. The maximum absolute atomic E-state index is 13.3. The average molecular weight is 519 g/mol. The first kappa shape index (κ1) is 32.1. The van der Waals surface area contributed by atoms with Gasteiger partial charge in [0.05, 0.1) is 11.5 Å². The van der Waals surface area contributed by atoms with E-state index in [1.165, 1.54) is 6.92 Å². The molecule has 208 valence electrons. The number of hydrogen-bond acceptors (Lipinski definition) is 6. The molecule has 2 N–H and O–H groups in total. The van der Waals surface area contributed by atoms with Gasteiger partial charge in [0, 0.05) is 18.0 Å². The molecule has 0 bridgehead atoms. The number of carbonyl (C=O) groups is 4. The molecule has 0 spiro atoms. The van der Waals surface area contributed by atoms with Crippen molar-refractivity contribution in [3.05, 3.63) is 35.9 Å². The zero-order valence-corrected chi connectivity index (χ0v) is 23.8. The molecule has 1 rings (SSSR count). The van der Waals surface area contributed by atoms with E-state index in [2.05, 4.69) is 24.5 Å². The van der Waals surface area contributed by atoms with Gasteiger partial charge >= 0.3 is 12.1 Å². The van der Waals surface area contributed by atoms with Crippen LogP contribution < -0.4 is 10.6 Å². The van der Waals surface area contributed by atoms with Crippen LogP contribution in [0.15, 0.2) is 30.3 Å². The lowest BCUT2D eigenvalue weighted by atomic mass is 9.84. The largest absolute Gasteiger partial charge is 0.461 e. The van der Waals surface area contributed by atoms with Crippen LogP contribution in [0.2, 0.25) is 0 Å². The van der Waals surface area contributed by atoms with Crippen molar-refractivity contribution in [3.63, 3.8) is 0 Å². The lowest BCUT2D eigenvalue weighted by molar-refractivity contribution is -0.129. The number of rotatable bonds is 14. The van der Waals surface area contributed by atoms with Crippen LogP contribution >= 0.6 is 0 Å². The number of Topliss-reactive ketones (excluding diaryl/α,β-unsaturated/α-hetero) is 1. The van der Waals surface area contributed by atoms with E-state index in [1.807, 2.05) is 13.8 Å². The third-order valence-electron chi connectivity index (χ3n) is 6.18. The molecule has 0 aliphatic heterocycles. The van der Waals surface area contributed by atoms with Crippen molar-refractivity contribution in [1.82, 2.24) is 10.6 Å². The van der Waals surface area contributed by atoms with Gasteiger partial charge in [-0.2, -0.15) is 0 Å². The van der Waals surface area contributed by atoms with E-state index in [9.17, 15) is 19.2 Å². The van der Waals surface area contributed by atoms with E-state index in [-0.39, 0.29) is 36.7 Å². The summed E-state index contributed by atoms with van der Waals surface area (Å²) in [5.74, 6) is -1.80. The van der Waals surface area contributed by atoms with Crippen LogP contribution in [0.4, 0.5) is 4.79 Å². The third-order valence-corrected chi connectivity index (χ3v) is 6.18. The number of amides is 2. The quantitative estimate of drug-likeness (QED) is 0.323. The minimum absolute atomic E-state index is 0.0106. The second kappa shape index (κ2) is 15.4. The Morgan fingerprint density at radius 3 is 2.08 bits per heavy atom. The van der Waals surface area contributed by atoms with Gasteiger partial charge in [-0.05, 0) is 72.4 Å². The first-order chi connectivity index (χ1) is 17.2. The molecule has 0 heterocycles. The molecule has 2 unspecified atom stereocenters. The van der Waals surface area contributed by atoms with Gasteiger partial charge in [0.2, 0.25) is 5.91 Å². The van der Waals surface area contributed by atoms with Gasteiger partial charge in [0.15, 0.2) is 0 Å². The van der Waals surface area contributed by atoms with Gasteiger partial charge in [-0.25, -0.2) is 9.59 Å². The fourth-order valence-electron chi connectivity index (χ4n) is 3.86. The van der Waals surface area contributed by atoms with E-state index in [0.717, 1.165) is 12.8 Å². The molecule has 8 heteroatoms. The number of carbonyl (C=O) groups excluding carboxylic acids is 4. The summed E-state index contributed by atoms with van der Waals surface area (Å²) >= 11 is 0. The van der Waals surface area contributed by atoms with Gasteiger partial charge in [-0.3, -0.25) is 9.59 Å². The molecule has 4 atom stereocenters. The van der Waals surface area contributed by atoms with Crippen LogP contribution in [-0.2, 0) is 19.1 Å². The maximum Gasteiger partial charge on any atom is 0.407 e. The van der Waals surface area contributed by atoms with Crippen LogP contribution in [0, 0.1) is 17.8 Å². The molecule has 8 nitrogen and oxygen atoms in total. The van der Waals surface area contributed by atoms with Crippen LogP contribution in [0.25, 0.3) is 0 Å². The fraction of sp³-hybridized carbons (Fsp3) is 0.655. The summed E-state index contributed by atoms with van der Waals surface area (Å²) in [7, 11) is 0. The minimum Gasteiger partial charge on any atom is -0.461 e. The molecule has 0 aliphatic rings. The van der Waals surface area contributed by atoms with Crippen molar-refractivity contribution in [2.24, 2.45) is 17.8 Å². The Morgan fingerprint density at radius 1 is 0.946 bits per heavy atom. The van der Waals surface area contributed by atoms with Crippen LogP contribution in [0.1, 0.15) is 91.4 Å². The second-order valence-electron chi connectivity index (χ2n) is 11.1. The second-order valence-corrected chi connectivity index (χ2v) is 11.1. The van der Waals surface area contributed by atoms with E-state index in [4.69, 9.17) is 9.47 Å². The highest BCUT2D eigenvalue weighted by molar-refractivity contribution is 5.89. The van der Waals surface area contributed by atoms with Crippen molar-refractivity contribution in [3.8, 4) is 0 Å². The summed E-state index contributed by atoms with van der Waals surface area (Å²) in [5, 5.41) is 5.68. The Morgan fingerprint density at radius 2 is 1.57 bits per heavy atom. The number of ketones is 1. The predicted octanol–water partition coefficient (Wildman–Crippen LogP) is 5.30. The van der Waals surface area contributed by atoms with Crippen molar-refractivity contribution in [2.45, 2.75) is 98.8 Å². The third kappa shape index (κ3) is 12.8. The fourth-order valence-corrected chi connectivity index (χ4v) is 3.86. The molecule has 0 fully saturated rings. The molecule has 0 saturated carbocycles. The van der Waals surface area contributed by atoms with Crippen molar-refractivity contribution < 1.29 is 28.7 Å². The minimum atomic E-state index is -0.923. The molecule has 1 aromatic carbocycles. The van der Waals surface area contributed by atoms with E-state index in [1.54, 1.807) is 51.1 Å². The molecule has 0 radical (unpaired) electrons. The summed E-state index contributed by atoms with van der Waals surface area (Å²) in [4.78, 5) is 51.3. The molecular weight excluding hydrogens is 472 g/mol. The highest BCUT2D eigenvalue weighted by Crippen LogP contribution is 2.24. The van der Waals surface area contributed by atoms with Crippen molar-refractivity contribution in [1.29, 1.82) is 0 Å². The Labute approximate surface area is 222 Å². The number of nitrogens with one attached hydrogen (secondary N) is 2. The summed E-state index contributed by atoms with van der Waals surface area (Å²) in [6.45, 7) is 14.4. The van der Waals surface area contributed by atoms with Gasteiger partial charge in [-0.1, -0.05) is 44.9 Å². The van der Waals surface area contributed by atoms with Gasteiger partial charge < -0.3 is 20.1 Å². The maximum atomic E-state index is 13.3. The number of benzene rings is 1. The standard InChI is InChI=1S/C29H46N2O6/c1-9-20(4)15-16-23(21(5)32)17-25(31-28(35)37-29(6,7)8)24(26(33)30-19(2)3)18-36-27(34)22-13-11-10-12-14-22/h10-14,19-20,23-25H,9,15-18H2,1-8H3,(H,30,33)(H,31,35)/t20?,23-,24?,25-/m0/s1. The van der Waals surface area contributed by atoms with Crippen molar-refractivity contribution in [2.75, 3.05) is 6.61 Å². The van der Waals surface area contributed by atoms with Crippen LogP contribution in [-0.4, -0.2) is 48.0 Å². The zero-order valence-electron chi connectivity index (χ0n) is 23.8. The average Bonchev–Trinajstić information content (AvgIpc) is 2.79. The molecular formula is C29H46N2O6. The summed E-state index contributed by atoms with van der Waals surface area (Å²) in [6, 6.07) is 7.53. The predicted molar refractivity (Wildman–Crippen MR) is 144 cm³/mol. The Bertz CT molecular complexity index is 878. The van der Waals surface area contributed by atoms with Gasteiger partial charge in [0.1, 0.15) is 18.0 Å². The Kier molecular flexibility index (Phi) is 13.4. The molecule has 37 heavy (non-hydrogen) atoms. The van der Waals surface area contributed by atoms with Gasteiger partial charge in [0.25, 0.3) is 0 Å². The number of esters is 1. The summed E-state index contributed by atoms with van der Waals surface area (Å²) < 4.78 is 11.0. The SMILES string of the molecule is CCC(C)CC[C@@H](C[C@H](NC(=O)OC(C)(C)C)C(COC(=O)c1ccccc1)C(=O)NC(C)C)C(C)=O. The van der Waals surface area contributed by atoms with Crippen LogP contribution in [0.3, 0.4) is 0 Å². The molecule has 2 amide bonds. The van der Waals surface area contributed by atoms with E-state index >= 15 is 0 Å². The molecule has 0 saturated heterocycles. The lowest BCUT2D eigenvalue weighted by Gasteiger charge is -2.31. The monoisotopic (exact) mass is 518 g/mol.